The van der Waals surface area contributed by atoms with Crippen molar-refractivity contribution in [2.24, 2.45) is 0 Å². The molecule has 1 heterocycles. The monoisotopic (exact) mass is 254 g/mol. The van der Waals surface area contributed by atoms with Gasteiger partial charge in [0.25, 0.3) is 0 Å². The SMILES string of the molecule is CCCCCCCC(=O)NCCC1CCCN1C. The van der Waals surface area contributed by atoms with Crippen molar-refractivity contribution in [1.29, 1.82) is 0 Å². The molecule has 1 fully saturated rings. The minimum absolute atomic E-state index is 0.243. The second kappa shape index (κ2) is 9.37. The topological polar surface area (TPSA) is 32.3 Å². The van der Waals surface area contributed by atoms with Gasteiger partial charge in [0.2, 0.25) is 5.91 Å². The summed E-state index contributed by atoms with van der Waals surface area (Å²) in [5.74, 6) is 0.243. The van der Waals surface area contributed by atoms with Gasteiger partial charge in [0.05, 0.1) is 0 Å². The summed E-state index contributed by atoms with van der Waals surface area (Å²) in [7, 11) is 2.19. The van der Waals surface area contributed by atoms with E-state index in [0.717, 1.165) is 19.4 Å². The Labute approximate surface area is 112 Å². The molecule has 18 heavy (non-hydrogen) atoms. The average molecular weight is 254 g/mol. The summed E-state index contributed by atoms with van der Waals surface area (Å²) in [4.78, 5) is 14.0. The molecule has 0 aromatic rings. The van der Waals surface area contributed by atoms with Crippen LogP contribution in [0.2, 0.25) is 0 Å². The van der Waals surface area contributed by atoms with Crippen LogP contribution >= 0.6 is 0 Å². The zero-order valence-corrected chi connectivity index (χ0v) is 12.2. The summed E-state index contributed by atoms with van der Waals surface area (Å²) in [6, 6.07) is 0.690. The fourth-order valence-corrected chi connectivity index (χ4v) is 2.70. The Morgan fingerprint density at radius 2 is 2.06 bits per heavy atom. The Balaban J connectivity index is 1.93. The van der Waals surface area contributed by atoms with Crippen LogP contribution in [0.3, 0.4) is 0 Å². The first kappa shape index (κ1) is 15.5. The van der Waals surface area contributed by atoms with E-state index in [1.54, 1.807) is 0 Å². The number of carbonyl (C=O) groups excluding carboxylic acids is 1. The van der Waals surface area contributed by atoms with E-state index in [1.165, 1.54) is 45.1 Å². The van der Waals surface area contributed by atoms with E-state index < -0.39 is 0 Å². The fourth-order valence-electron chi connectivity index (χ4n) is 2.70. The standard InChI is InChI=1S/C15H30N2O/c1-3-4-5-6-7-10-15(18)16-12-11-14-9-8-13-17(14)2/h14H,3-13H2,1-2H3,(H,16,18). The highest BCUT2D eigenvalue weighted by atomic mass is 16.1. The summed E-state index contributed by atoms with van der Waals surface area (Å²) in [5.41, 5.74) is 0. The molecule has 1 N–H and O–H groups in total. The van der Waals surface area contributed by atoms with Crippen LogP contribution in [-0.4, -0.2) is 37.0 Å². The van der Waals surface area contributed by atoms with Crippen LogP contribution in [0.4, 0.5) is 0 Å². The molecular weight excluding hydrogens is 224 g/mol. The van der Waals surface area contributed by atoms with Gasteiger partial charge in [0, 0.05) is 19.0 Å². The fraction of sp³-hybridized carbons (Fsp3) is 0.933. The Morgan fingerprint density at radius 1 is 1.28 bits per heavy atom. The molecule has 3 nitrogen and oxygen atoms in total. The molecule has 0 aromatic carbocycles. The highest BCUT2D eigenvalue weighted by Gasteiger charge is 2.20. The van der Waals surface area contributed by atoms with Crippen LogP contribution in [0.5, 0.6) is 0 Å². The second-order valence-electron chi connectivity index (χ2n) is 5.58. The predicted molar refractivity (Wildman–Crippen MR) is 76.7 cm³/mol. The van der Waals surface area contributed by atoms with E-state index in [-0.39, 0.29) is 5.91 Å². The van der Waals surface area contributed by atoms with Gasteiger partial charge in [0.15, 0.2) is 0 Å². The number of rotatable bonds is 9. The Hall–Kier alpha value is -0.570. The van der Waals surface area contributed by atoms with Crippen molar-refractivity contribution in [2.45, 2.75) is 70.8 Å². The highest BCUT2D eigenvalue weighted by Crippen LogP contribution is 2.16. The minimum Gasteiger partial charge on any atom is -0.356 e. The minimum atomic E-state index is 0.243. The van der Waals surface area contributed by atoms with Crippen molar-refractivity contribution in [3.05, 3.63) is 0 Å². The highest BCUT2D eigenvalue weighted by molar-refractivity contribution is 5.75. The van der Waals surface area contributed by atoms with Crippen LogP contribution in [-0.2, 0) is 4.79 Å². The maximum Gasteiger partial charge on any atom is 0.219 e. The molecule has 1 rings (SSSR count). The number of unbranched alkanes of at least 4 members (excludes halogenated alkanes) is 4. The van der Waals surface area contributed by atoms with Crippen molar-refractivity contribution in [3.8, 4) is 0 Å². The van der Waals surface area contributed by atoms with Crippen LogP contribution in [0.25, 0.3) is 0 Å². The predicted octanol–water partition coefficient (Wildman–Crippen LogP) is 2.95. The van der Waals surface area contributed by atoms with E-state index in [1.807, 2.05) is 0 Å². The molecule has 0 saturated carbocycles. The van der Waals surface area contributed by atoms with Crippen LogP contribution in [0, 0.1) is 0 Å². The van der Waals surface area contributed by atoms with Crippen molar-refractivity contribution in [3.63, 3.8) is 0 Å². The zero-order valence-electron chi connectivity index (χ0n) is 12.2. The molecule has 0 spiro atoms. The van der Waals surface area contributed by atoms with Gasteiger partial charge in [-0.1, -0.05) is 32.6 Å². The number of carbonyl (C=O) groups is 1. The summed E-state index contributed by atoms with van der Waals surface area (Å²) in [6.07, 6.45) is 10.5. The van der Waals surface area contributed by atoms with Gasteiger partial charge in [-0.05, 0) is 39.3 Å². The van der Waals surface area contributed by atoms with Gasteiger partial charge >= 0.3 is 0 Å². The normalized spacial score (nSPS) is 20.2. The largest absolute Gasteiger partial charge is 0.356 e. The molecule has 0 aliphatic carbocycles. The summed E-state index contributed by atoms with van der Waals surface area (Å²) < 4.78 is 0. The van der Waals surface area contributed by atoms with Gasteiger partial charge in [-0.15, -0.1) is 0 Å². The molecule has 0 radical (unpaired) electrons. The molecule has 1 amide bonds. The first-order chi connectivity index (χ1) is 8.74. The molecule has 1 unspecified atom stereocenters. The Bertz CT molecular complexity index is 231. The molecule has 106 valence electrons. The lowest BCUT2D eigenvalue weighted by Crippen LogP contribution is -2.31. The third-order valence-corrected chi connectivity index (χ3v) is 3.98. The lowest BCUT2D eigenvalue weighted by atomic mass is 10.1. The zero-order chi connectivity index (χ0) is 13.2. The molecule has 0 aromatic heterocycles. The number of nitrogens with one attached hydrogen (secondary N) is 1. The molecule has 1 saturated heterocycles. The summed E-state index contributed by atoms with van der Waals surface area (Å²) in [5, 5.41) is 3.06. The average Bonchev–Trinajstić information content (AvgIpc) is 2.75. The van der Waals surface area contributed by atoms with Gasteiger partial charge in [-0.2, -0.15) is 0 Å². The molecule has 1 aliphatic rings. The first-order valence-corrected chi connectivity index (χ1v) is 7.71. The van der Waals surface area contributed by atoms with Crippen LogP contribution < -0.4 is 5.32 Å². The quantitative estimate of drug-likeness (QED) is 0.642. The van der Waals surface area contributed by atoms with E-state index >= 15 is 0 Å². The molecule has 0 bridgehead atoms. The molecule has 1 aliphatic heterocycles. The summed E-state index contributed by atoms with van der Waals surface area (Å²) >= 11 is 0. The molecular formula is C15H30N2O. The molecule has 3 heteroatoms. The number of hydrogen-bond donors (Lipinski definition) is 1. The number of amides is 1. The van der Waals surface area contributed by atoms with Gasteiger partial charge in [-0.3, -0.25) is 4.79 Å². The maximum absolute atomic E-state index is 11.6. The van der Waals surface area contributed by atoms with Gasteiger partial charge < -0.3 is 10.2 Å². The maximum atomic E-state index is 11.6. The third-order valence-electron chi connectivity index (χ3n) is 3.98. The van der Waals surface area contributed by atoms with E-state index in [9.17, 15) is 4.79 Å². The van der Waals surface area contributed by atoms with Crippen molar-refractivity contribution >= 4 is 5.91 Å². The summed E-state index contributed by atoms with van der Waals surface area (Å²) in [6.45, 7) is 4.28. The lowest BCUT2D eigenvalue weighted by Gasteiger charge is -2.19. The van der Waals surface area contributed by atoms with Crippen molar-refractivity contribution < 1.29 is 4.79 Å². The number of likely N-dealkylation sites (tertiary alicyclic amines) is 1. The first-order valence-electron chi connectivity index (χ1n) is 7.71. The lowest BCUT2D eigenvalue weighted by molar-refractivity contribution is -0.121. The molecule has 1 atom stereocenters. The van der Waals surface area contributed by atoms with Gasteiger partial charge in [-0.25, -0.2) is 0 Å². The second-order valence-corrected chi connectivity index (χ2v) is 5.58. The Morgan fingerprint density at radius 3 is 2.72 bits per heavy atom. The van der Waals surface area contributed by atoms with E-state index in [2.05, 4.69) is 24.2 Å². The Kier molecular flexibility index (Phi) is 8.06. The third kappa shape index (κ3) is 6.39. The number of hydrogen-bond acceptors (Lipinski definition) is 2. The van der Waals surface area contributed by atoms with E-state index in [0.29, 0.717) is 12.5 Å². The van der Waals surface area contributed by atoms with Crippen LogP contribution in [0.1, 0.15) is 64.7 Å². The van der Waals surface area contributed by atoms with E-state index in [4.69, 9.17) is 0 Å². The van der Waals surface area contributed by atoms with Crippen molar-refractivity contribution in [2.75, 3.05) is 20.1 Å². The smallest absolute Gasteiger partial charge is 0.219 e. The number of nitrogens with zero attached hydrogens (tertiary/aromatic N) is 1. The van der Waals surface area contributed by atoms with Crippen molar-refractivity contribution in [1.82, 2.24) is 10.2 Å². The van der Waals surface area contributed by atoms with Gasteiger partial charge in [0.1, 0.15) is 0 Å². The van der Waals surface area contributed by atoms with Crippen LogP contribution in [0.15, 0.2) is 0 Å².